The summed E-state index contributed by atoms with van der Waals surface area (Å²) < 4.78 is 24.5. The lowest BCUT2D eigenvalue weighted by Crippen LogP contribution is -2.26. The molecular weight excluding hydrogens is 246 g/mol. The maximum Gasteiger partial charge on any atom is 0.178 e. The second kappa shape index (κ2) is 6.34. The van der Waals surface area contributed by atoms with E-state index >= 15 is 0 Å². The largest absolute Gasteiger partial charge is 0.327 e. The van der Waals surface area contributed by atoms with Gasteiger partial charge in [-0.3, -0.25) is 0 Å². The van der Waals surface area contributed by atoms with Crippen molar-refractivity contribution in [2.75, 3.05) is 5.75 Å². The first-order valence-corrected chi connectivity index (χ1v) is 8.16. The van der Waals surface area contributed by atoms with Crippen LogP contribution in [-0.4, -0.2) is 20.2 Å². The van der Waals surface area contributed by atoms with Gasteiger partial charge in [0, 0.05) is 6.04 Å². The quantitative estimate of drug-likeness (QED) is 0.863. The van der Waals surface area contributed by atoms with Gasteiger partial charge in [0.1, 0.15) is 0 Å². The Morgan fingerprint density at radius 2 is 1.83 bits per heavy atom. The third-order valence-corrected chi connectivity index (χ3v) is 5.19. The zero-order valence-electron chi connectivity index (χ0n) is 11.4. The molecule has 0 aliphatic rings. The van der Waals surface area contributed by atoms with Crippen LogP contribution in [0.15, 0.2) is 29.2 Å². The number of rotatable bonds is 6. The number of hydrogen-bond donors (Lipinski definition) is 1. The second-order valence-corrected chi connectivity index (χ2v) is 6.81. The smallest absolute Gasteiger partial charge is 0.178 e. The second-order valence-electron chi connectivity index (χ2n) is 4.73. The molecule has 0 amide bonds. The van der Waals surface area contributed by atoms with E-state index in [1.807, 2.05) is 32.9 Å². The van der Waals surface area contributed by atoms with Gasteiger partial charge in [-0.1, -0.05) is 32.0 Å². The van der Waals surface area contributed by atoms with Gasteiger partial charge in [0.2, 0.25) is 0 Å². The van der Waals surface area contributed by atoms with Gasteiger partial charge in [0.05, 0.1) is 10.6 Å². The van der Waals surface area contributed by atoms with E-state index in [1.54, 1.807) is 12.1 Å². The monoisotopic (exact) mass is 269 g/mol. The number of benzene rings is 1. The standard InChI is InChI=1S/C14H23NO2S/c1-4-10-18(16,17)14-9-7-6-8-13(14)12(5-2)11(3)15/h6-9,11-12H,4-5,10,15H2,1-3H3. The summed E-state index contributed by atoms with van der Waals surface area (Å²) in [6, 6.07) is 7.20. The molecule has 4 heteroatoms. The average molecular weight is 269 g/mol. The minimum Gasteiger partial charge on any atom is -0.327 e. The highest BCUT2D eigenvalue weighted by atomic mass is 32.2. The highest BCUT2D eigenvalue weighted by Gasteiger charge is 2.23. The van der Waals surface area contributed by atoms with Gasteiger partial charge in [-0.25, -0.2) is 8.42 Å². The molecule has 2 atom stereocenters. The molecular formula is C14H23NO2S. The first-order valence-electron chi connectivity index (χ1n) is 6.51. The molecule has 0 radical (unpaired) electrons. The van der Waals surface area contributed by atoms with E-state index < -0.39 is 9.84 Å². The van der Waals surface area contributed by atoms with Crippen LogP contribution in [0, 0.1) is 0 Å². The van der Waals surface area contributed by atoms with Crippen LogP contribution in [0.5, 0.6) is 0 Å². The van der Waals surface area contributed by atoms with Gasteiger partial charge in [-0.15, -0.1) is 0 Å². The molecule has 0 spiro atoms. The third kappa shape index (κ3) is 3.33. The molecule has 2 N–H and O–H groups in total. The molecule has 102 valence electrons. The predicted molar refractivity (Wildman–Crippen MR) is 75.5 cm³/mol. The molecule has 0 heterocycles. The van der Waals surface area contributed by atoms with Crippen LogP contribution in [0.2, 0.25) is 0 Å². The highest BCUT2D eigenvalue weighted by molar-refractivity contribution is 7.91. The number of sulfone groups is 1. The molecule has 0 saturated heterocycles. The van der Waals surface area contributed by atoms with Crippen molar-refractivity contribution in [3.05, 3.63) is 29.8 Å². The molecule has 0 fully saturated rings. The molecule has 1 rings (SSSR count). The summed E-state index contributed by atoms with van der Waals surface area (Å²) >= 11 is 0. The van der Waals surface area contributed by atoms with Crippen molar-refractivity contribution < 1.29 is 8.42 Å². The van der Waals surface area contributed by atoms with Crippen LogP contribution in [0.3, 0.4) is 0 Å². The van der Waals surface area contributed by atoms with E-state index in [9.17, 15) is 8.42 Å². The highest BCUT2D eigenvalue weighted by Crippen LogP contribution is 2.29. The van der Waals surface area contributed by atoms with Crippen molar-refractivity contribution in [1.29, 1.82) is 0 Å². The van der Waals surface area contributed by atoms with Crippen molar-refractivity contribution >= 4 is 9.84 Å². The minimum atomic E-state index is -3.19. The van der Waals surface area contributed by atoms with Crippen LogP contribution < -0.4 is 5.73 Å². The van der Waals surface area contributed by atoms with Gasteiger partial charge in [0.25, 0.3) is 0 Å². The lowest BCUT2D eigenvalue weighted by atomic mass is 9.90. The SMILES string of the molecule is CCCS(=O)(=O)c1ccccc1C(CC)C(C)N. The van der Waals surface area contributed by atoms with Crippen LogP contribution in [0.25, 0.3) is 0 Å². The van der Waals surface area contributed by atoms with Gasteiger partial charge in [0.15, 0.2) is 9.84 Å². The molecule has 1 aromatic carbocycles. The lowest BCUT2D eigenvalue weighted by Gasteiger charge is -2.22. The summed E-state index contributed by atoms with van der Waals surface area (Å²) in [5.41, 5.74) is 6.83. The Bertz CT molecular complexity index is 480. The third-order valence-electron chi connectivity index (χ3n) is 3.20. The average Bonchev–Trinajstić information content (AvgIpc) is 2.30. The van der Waals surface area contributed by atoms with E-state index in [2.05, 4.69) is 0 Å². The fourth-order valence-electron chi connectivity index (χ4n) is 2.32. The Kier molecular flexibility index (Phi) is 5.35. The maximum atomic E-state index is 12.3. The summed E-state index contributed by atoms with van der Waals surface area (Å²) in [4.78, 5) is 0.455. The Morgan fingerprint density at radius 1 is 1.22 bits per heavy atom. The van der Waals surface area contributed by atoms with E-state index in [4.69, 9.17) is 5.73 Å². The van der Waals surface area contributed by atoms with Gasteiger partial charge in [-0.05, 0) is 37.3 Å². The molecule has 3 nitrogen and oxygen atoms in total. The van der Waals surface area contributed by atoms with Crippen LogP contribution >= 0.6 is 0 Å². The summed E-state index contributed by atoms with van der Waals surface area (Å²) in [5, 5.41) is 0. The Balaban J connectivity index is 3.30. The van der Waals surface area contributed by atoms with Crippen LogP contribution in [0.4, 0.5) is 0 Å². The molecule has 2 unspecified atom stereocenters. The Labute approximate surface area is 110 Å². The number of hydrogen-bond acceptors (Lipinski definition) is 3. The molecule has 1 aromatic rings. The van der Waals surface area contributed by atoms with Crippen molar-refractivity contribution in [2.45, 2.75) is 50.5 Å². The van der Waals surface area contributed by atoms with E-state index in [-0.39, 0.29) is 17.7 Å². The molecule has 0 aliphatic heterocycles. The molecule has 0 aromatic heterocycles. The molecule has 0 aliphatic carbocycles. The van der Waals surface area contributed by atoms with Crippen LogP contribution in [0.1, 0.15) is 45.1 Å². The van der Waals surface area contributed by atoms with Gasteiger partial charge in [-0.2, -0.15) is 0 Å². The van der Waals surface area contributed by atoms with Crippen molar-refractivity contribution in [1.82, 2.24) is 0 Å². The van der Waals surface area contributed by atoms with E-state index in [0.29, 0.717) is 11.3 Å². The first-order chi connectivity index (χ1) is 8.44. The molecule has 18 heavy (non-hydrogen) atoms. The Hall–Kier alpha value is -0.870. The van der Waals surface area contributed by atoms with Crippen molar-refractivity contribution in [3.8, 4) is 0 Å². The lowest BCUT2D eigenvalue weighted by molar-refractivity contribution is 0.539. The van der Waals surface area contributed by atoms with E-state index in [1.165, 1.54) is 0 Å². The van der Waals surface area contributed by atoms with Gasteiger partial charge < -0.3 is 5.73 Å². The Morgan fingerprint density at radius 3 is 2.33 bits per heavy atom. The summed E-state index contributed by atoms with van der Waals surface area (Å²) in [7, 11) is -3.19. The summed E-state index contributed by atoms with van der Waals surface area (Å²) in [5.74, 6) is 0.284. The zero-order chi connectivity index (χ0) is 13.8. The molecule has 0 saturated carbocycles. The fourth-order valence-corrected chi connectivity index (χ4v) is 3.95. The topological polar surface area (TPSA) is 60.2 Å². The minimum absolute atomic E-state index is 0.0482. The summed E-state index contributed by atoms with van der Waals surface area (Å²) in [6.07, 6.45) is 1.47. The van der Waals surface area contributed by atoms with E-state index in [0.717, 1.165) is 12.0 Å². The normalized spacial score (nSPS) is 15.3. The first kappa shape index (κ1) is 15.2. The predicted octanol–water partition coefficient (Wildman–Crippen LogP) is 2.71. The number of nitrogens with two attached hydrogens (primary N) is 1. The summed E-state index contributed by atoms with van der Waals surface area (Å²) in [6.45, 7) is 5.84. The van der Waals surface area contributed by atoms with Crippen LogP contribution in [-0.2, 0) is 9.84 Å². The van der Waals surface area contributed by atoms with Crippen molar-refractivity contribution in [2.24, 2.45) is 5.73 Å². The van der Waals surface area contributed by atoms with Crippen molar-refractivity contribution in [3.63, 3.8) is 0 Å². The van der Waals surface area contributed by atoms with Gasteiger partial charge >= 0.3 is 0 Å². The maximum absolute atomic E-state index is 12.3. The fraction of sp³-hybridized carbons (Fsp3) is 0.571. The molecule has 0 bridgehead atoms. The zero-order valence-corrected chi connectivity index (χ0v) is 12.2.